The van der Waals surface area contributed by atoms with Gasteiger partial charge in [-0.1, -0.05) is 6.07 Å². The molecule has 0 aliphatic carbocycles. The van der Waals surface area contributed by atoms with Gasteiger partial charge in [-0.15, -0.1) is 0 Å². The number of ether oxygens (including phenoxy) is 2. The predicted octanol–water partition coefficient (Wildman–Crippen LogP) is 2.60. The van der Waals surface area contributed by atoms with E-state index in [4.69, 9.17) is 9.47 Å². The third kappa shape index (κ3) is 2.48. The van der Waals surface area contributed by atoms with Crippen LogP contribution < -0.4 is 4.74 Å². The summed E-state index contributed by atoms with van der Waals surface area (Å²) in [5.41, 5.74) is 0.625. The second kappa shape index (κ2) is 5.49. The average molecular weight is 325 g/mol. The second-order valence-electron chi connectivity index (χ2n) is 5.02. The lowest BCUT2D eigenvalue weighted by Gasteiger charge is -2.44. The third-order valence-corrected chi connectivity index (χ3v) is 4.09. The van der Waals surface area contributed by atoms with Gasteiger partial charge in [0.25, 0.3) is 0 Å². The molecule has 0 N–H and O–H groups in total. The minimum Gasteiger partial charge on any atom is -0.496 e. The summed E-state index contributed by atoms with van der Waals surface area (Å²) in [6.07, 6.45) is 0. The summed E-state index contributed by atoms with van der Waals surface area (Å²) in [5, 5.41) is 9.49. The van der Waals surface area contributed by atoms with Crippen LogP contribution in [-0.2, 0) is 4.74 Å². The number of methoxy groups -OCH3 is 1. The Kier molecular flexibility index (Phi) is 4.14. The van der Waals surface area contributed by atoms with Crippen LogP contribution in [0.25, 0.3) is 0 Å². The van der Waals surface area contributed by atoms with Crippen molar-refractivity contribution in [2.24, 2.45) is 5.41 Å². The van der Waals surface area contributed by atoms with Crippen molar-refractivity contribution in [1.82, 2.24) is 4.90 Å². The quantitative estimate of drug-likeness (QED) is 0.854. The van der Waals surface area contributed by atoms with E-state index in [0.29, 0.717) is 13.2 Å². The standard InChI is InChI=1S/C14H17BrN2O2/c1-17(2)13(14(7-16)8-19-9-14)10-4-5-12(18-3)11(15)6-10/h4-6,13H,8-9H2,1-3H3. The van der Waals surface area contributed by atoms with E-state index in [2.05, 4.69) is 26.9 Å². The molecule has 0 saturated carbocycles. The third-order valence-electron chi connectivity index (χ3n) is 3.47. The van der Waals surface area contributed by atoms with E-state index < -0.39 is 5.41 Å². The first-order chi connectivity index (χ1) is 9.04. The van der Waals surface area contributed by atoms with Gasteiger partial charge in [0, 0.05) is 0 Å². The first-order valence-electron chi connectivity index (χ1n) is 6.03. The van der Waals surface area contributed by atoms with Gasteiger partial charge in [-0.05, 0) is 47.7 Å². The van der Waals surface area contributed by atoms with Gasteiger partial charge in [0.2, 0.25) is 0 Å². The van der Waals surface area contributed by atoms with E-state index >= 15 is 0 Å². The van der Waals surface area contributed by atoms with Crippen LogP contribution in [0.3, 0.4) is 0 Å². The van der Waals surface area contributed by atoms with Crippen molar-refractivity contribution in [2.45, 2.75) is 6.04 Å². The predicted molar refractivity (Wildman–Crippen MR) is 76.0 cm³/mol. The summed E-state index contributed by atoms with van der Waals surface area (Å²) in [6, 6.07) is 8.38. The van der Waals surface area contributed by atoms with Gasteiger partial charge < -0.3 is 14.4 Å². The molecule has 5 heteroatoms. The molecule has 0 aromatic heterocycles. The van der Waals surface area contributed by atoms with Gasteiger partial charge in [-0.2, -0.15) is 5.26 Å². The number of hydrogen-bond acceptors (Lipinski definition) is 4. The van der Waals surface area contributed by atoms with E-state index in [0.717, 1.165) is 15.8 Å². The molecular weight excluding hydrogens is 308 g/mol. The minimum absolute atomic E-state index is 0.00783. The fourth-order valence-electron chi connectivity index (χ4n) is 2.57. The maximum atomic E-state index is 9.49. The molecule has 1 heterocycles. The number of hydrogen-bond donors (Lipinski definition) is 0. The minimum atomic E-state index is -0.461. The molecule has 1 aliphatic heterocycles. The van der Waals surface area contributed by atoms with Crippen molar-refractivity contribution >= 4 is 15.9 Å². The molecule has 1 aromatic carbocycles. The van der Waals surface area contributed by atoms with Gasteiger partial charge >= 0.3 is 0 Å². The summed E-state index contributed by atoms with van der Waals surface area (Å²) in [5.74, 6) is 0.789. The van der Waals surface area contributed by atoms with Crippen molar-refractivity contribution in [3.63, 3.8) is 0 Å². The molecule has 1 unspecified atom stereocenters. The zero-order chi connectivity index (χ0) is 14.0. The van der Waals surface area contributed by atoms with Crippen molar-refractivity contribution in [2.75, 3.05) is 34.4 Å². The Hall–Kier alpha value is -1.09. The normalized spacial score (nSPS) is 18.5. The van der Waals surface area contributed by atoms with E-state index in [9.17, 15) is 5.26 Å². The first kappa shape index (κ1) is 14.3. The zero-order valence-corrected chi connectivity index (χ0v) is 12.9. The fraction of sp³-hybridized carbons (Fsp3) is 0.500. The molecule has 0 bridgehead atoms. The Balaban J connectivity index is 2.40. The molecule has 19 heavy (non-hydrogen) atoms. The highest BCUT2D eigenvalue weighted by molar-refractivity contribution is 9.10. The topological polar surface area (TPSA) is 45.5 Å². The number of halogens is 1. The molecule has 1 atom stereocenters. The van der Waals surface area contributed by atoms with Crippen molar-refractivity contribution in [3.8, 4) is 11.8 Å². The van der Waals surface area contributed by atoms with Gasteiger partial charge in [-0.25, -0.2) is 0 Å². The van der Waals surface area contributed by atoms with Crippen molar-refractivity contribution < 1.29 is 9.47 Å². The lowest BCUT2D eigenvalue weighted by atomic mass is 9.76. The number of benzene rings is 1. The largest absolute Gasteiger partial charge is 0.496 e. The molecule has 102 valence electrons. The monoisotopic (exact) mass is 324 g/mol. The Morgan fingerprint density at radius 3 is 2.53 bits per heavy atom. The van der Waals surface area contributed by atoms with E-state index in [-0.39, 0.29) is 6.04 Å². The molecule has 1 saturated heterocycles. The van der Waals surface area contributed by atoms with Gasteiger partial charge in [-0.3, -0.25) is 0 Å². The van der Waals surface area contributed by atoms with Gasteiger partial charge in [0.05, 0.1) is 36.9 Å². The lowest BCUT2D eigenvalue weighted by molar-refractivity contribution is -0.115. The molecular formula is C14H17BrN2O2. The van der Waals surface area contributed by atoms with Crippen molar-refractivity contribution in [3.05, 3.63) is 28.2 Å². The van der Waals surface area contributed by atoms with Crippen LogP contribution in [0.5, 0.6) is 5.75 Å². The molecule has 0 spiro atoms. The van der Waals surface area contributed by atoms with Crippen LogP contribution >= 0.6 is 15.9 Å². The lowest BCUT2D eigenvalue weighted by Crippen LogP contribution is -2.50. The van der Waals surface area contributed by atoms with Crippen LogP contribution in [0.2, 0.25) is 0 Å². The molecule has 1 fully saturated rings. The Bertz CT molecular complexity index is 507. The van der Waals surface area contributed by atoms with Crippen LogP contribution in [0.4, 0.5) is 0 Å². The molecule has 4 nitrogen and oxygen atoms in total. The molecule has 0 amide bonds. The van der Waals surface area contributed by atoms with E-state index in [1.807, 2.05) is 32.3 Å². The molecule has 2 rings (SSSR count). The highest BCUT2D eigenvalue weighted by Crippen LogP contribution is 2.44. The highest BCUT2D eigenvalue weighted by Gasteiger charge is 2.48. The first-order valence-corrected chi connectivity index (χ1v) is 6.82. The Morgan fingerprint density at radius 1 is 1.47 bits per heavy atom. The van der Waals surface area contributed by atoms with Crippen LogP contribution in [0.15, 0.2) is 22.7 Å². The SMILES string of the molecule is COc1ccc(C(N(C)C)C2(C#N)COC2)cc1Br. The zero-order valence-electron chi connectivity index (χ0n) is 11.3. The van der Waals surface area contributed by atoms with Gasteiger partial charge in [0.1, 0.15) is 11.2 Å². The van der Waals surface area contributed by atoms with Crippen molar-refractivity contribution in [1.29, 1.82) is 5.26 Å². The van der Waals surface area contributed by atoms with Crippen LogP contribution in [0, 0.1) is 16.7 Å². The number of rotatable bonds is 4. The molecule has 0 radical (unpaired) electrons. The maximum Gasteiger partial charge on any atom is 0.133 e. The summed E-state index contributed by atoms with van der Waals surface area (Å²) in [7, 11) is 5.61. The average Bonchev–Trinajstić information content (AvgIpc) is 2.33. The van der Waals surface area contributed by atoms with E-state index in [1.54, 1.807) is 7.11 Å². The number of nitriles is 1. The second-order valence-corrected chi connectivity index (χ2v) is 5.88. The summed E-state index contributed by atoms with van der Waals surface area (Å²) < 4.78 is 11.4. The van der Waals surface area contributed by atoms with E-state index in [1.165, 1.54) is 0 Å². The Morgan fingerprint density at radius 2 is 2.16 bits per heavy atom. The van der Waals surface area contributed by atoms with Crippen LogP contribution in [0.1, 0.15) is 11.6 Å². The molecule has 1 aliphatic rings. The maximum absolute atomic E-state index is 9.49. The smallest absolute Gasteiger partial charge is 0.133 e. The molecule has 1 aromatic rings. The van der Waals surface area contributed by atoms with Crippen LogP contribution in [-0.4, -0.2) is 39.3 Å². The Labute approximate surface area is 122 Å². The fourth-order valence-corrected chi connectivity index (χ4v) is 3.13. The summed E-state index contributed by atoms with van der Waals surface area (Å²) >= 11 is 3.50. The highest BCUT2D eigenvalue weighted by atomic mass is 79.9. The van der Waals surface area contributed by atoms with Gasteiger partial charge in [0.15, 0.2) is 0 Å². The summed E-state index contributed by atoms with van der Waals surface area (Å²) in [4.78, 5) is 2.07. The number of nitrogens with zero attached hydrogens (tertiary/aromatic N) is 2. The summed E-state index contributed by atoms with van der Waals surface area (Å²) in [6.45, 7) is 0.964.